The third-order valence-corrected chi connectivity index (χ3v) is 2.92. The molecule has 1 aromatic rings. The lowest BCUT2D eigenvalue weighted by Gasteiger charge is -2.27. The number of nitrogens with two attached hydrogens (primary N) is 1. The SMILES string of the molecule is NC(=NCCc1cccc(O)c1)N1CCOCC1. The van der Waals surface area contributed by atoms with Crippen LogP contribution in [0, 0.1) is 0 Å². The topological polar surface area (TPSA) is 71.1 Å². The van der Waals surface area contributed by atoms with E-state index in [0.29, 0.717) is 25.7 Å². The summed E-state index contributed by atoms with van der Waals surface area (Å²) >= 11 is 0. The highest BCUT2D eigenvalue weighted by Gasteiger charge is 2.11. The number of ether oxygens (including phenoxy) is 1. The summed E-state index contributed by atoms with van der Waals surface area (Å²) < 4.78 is 5.26. The first kappa shape index (κ1) is 12.7. The van der Waals surface area contributed by atoms with E-state index in [1.165, 1.54) is 0 Å². The summed E-state index contributed by atoms with van der Waals surface area (Å²) in [6, 6.07) is 7.22. The molecule has 18 heavy (non-hydrogen) atoms. The van der Waals surface area contributed by atoms with Gasteiger partial charge in [0.25, 0.3) is 0 Å². The number of guanidine groups is 1. The summed E-state index contributed by atoms with van der Waals surface area (Å²) in [6.45, 7) is 3.67. The maximum Gasteiger partial charge on any atom is 0.191 e. The Balaban J connectivity index is 1.83. The van der Waals surface area contributed by atoms with Gasteiger partial charge in [-0.1, -0.05) is 12.1 Å². The molecule has 0 unspecified atom stereocenters. The number of benzene rings is 1. The largest absolute Gasteiger partial charge is 0.508 e. The molecule has 1 saturated heterocycles. The first-order valence-corrected chi connectivity index (χ1v) is 6.16. The zero-order valence-electron chi connectivity index (χ0n) is 10.4. The van der Waals surface area contributed by atoms with Gasteiger partial charge in [-0.2, -0.15) is 0 Å². The minimum atomic E-state index is 0.289. The van der Waals surface area contributed by atoms with Crippen LogP contribution >= 0.6 is 0 Å². The van der Waals surface area contributed by atoms with Crippen molar-refractivity contribution >= 4 is 5.96 Å². The predicted molar refractivity (Wildman–Crippen MR) is 70.7 cm³/mol. The number of phenols is 1. The third-order valence-electron chi connectivity index (χ3n) is 2.92. The van der Waals surface area contributed by atoms with Crippen LogP contribution in [-0.4, -0.2) is 48.8 Å². The van der Waals surface area contributed by atoms with Crippen LogP contribution < -0.4 is 5.73 Å². The van der Waals surface area contributed by atoms with Gasteiger partial charge in [0, 0.05) is 19.6 Å². The van der Waals surface area contributed by atoms with Gasteiger partial charge in [0.2, 0.25) is 0 Å². The third kappa shape index (κ3) is 3.63. The van der Waals surface area contributed by atoms with Crippen molar-refractivity contribution in [3.63, 3.8) is 0 Å². The second-order valence-corrected chi connectivity index (χ2v) is 4.26. The van der Waals surface area contributed by atoms with Crippen molar-refractivity contribution in [3.8, 4) is 5.75 Å². The first-order chi connectivity index (χ1) is 8.75. The normalized spacial score (nSPS) is 16.9. The molecule has 1 heterocycles. The van der Waals surface area contributed by atoms with Gasteiger partial charge in [0.1, 0.15) is 5.75 Å². The van der Waals surface area contributed by atoms with Crippen LogP contribution in [-0.2, 0) is 11.2 Å². The van der Waals surface area contributed by atoms with Crippen molar-refractivity contribution in [2.75, 3.05) is 32.8 Å². The number of aliphatic imine (C=N–C) groups is 1. The molecule has 0 aliphatic carbocycles. The minimum absolute atomic E-state index is 0.289. The van der Waals surface area contributed by atoms with Crippen molar-refractivity contribution in [2.45, 2.75) is 6.42 Å². The maximum absolute atomic E-state index is 9.34. The van der Waals surface area contributed by atoms with Crippen molar-refractivity contribution in [1.82, 2.24) is 4.90 Å². The number of morpholine rings is 1. The average molecular weight is 249 g/mol. The van der Waals surface area contributed by atoms with E-state index in [2.05, 4.69) is 4.99 Å². The van der Waals surface area contributed by atoms with Gasteiger partial charge in [0.05, 0.1) is 13.2 Å². The highest BCUT2D eigenvalue weighted by Crippen LogP contribution is 2.11. The highest BCUT2D eigenvalue weighted by atomic mass is 16.5. The van der Waals surface area contributed by atoms with E-state index < -0.39 is 0 Å². The van der Waals surface area contributed by atoms with Gasteiger partial charge in [-0.25, -0.2) is 0 Å². The second kappa shape index (κ2) is 6.26. The maximum atomic E-state index is 9.34. The first-order valence-electron chi connectivity index (χ1n) is 6.16. The second-order valence-electron chi connectivity index (χ2n) is 4.26. The molecule has 0 saturated carbocycles. The number of hydrogen-bond donors (Lipinski definition) is 2. The van der Waals surface area contributed by atoms with Crippen LogP contribution in [0.3, 0.4) is 0 Å². The van der Waals surface area contributed by atoms with Crippen LogP contribution in [0.5, 0.6) is 5.75 Å². The standard InChI is InChI=1S/C13H19N3O2/c14-13(16-6-8-18-9-7-16)15-5-4-11-2-1-3-12(17)10-11/h1-3,10,17H,4-9H2,(H2,14,15). The summed E-state index contributed by atoms with van der Waals surface area (Å²) in [5, 5.41) is 9.34. The van der Waals surface area contributed by atoms with Crippen molar-refractivity contribution in [2.24, 2.45) is 10.7 Å². The Labute approximate surface area is 107 Å². The molecule has 0 amide bonds. The summed E-state index contributed by atoms with van der Waals surface area (Å²) in [4.78, 5) is 6.39. The van der Waals surface area contributed by atoms with Crippen molar-refractivity contribution in [3.05, 3.63) is 29.8 Å². The minimum Gasteiger partial charge on any atom is -0.508 e. The molecule has 5 nitrogen and oxygen atoms in total. The summed E-state index contributed by atoms with van der Waals surface area (Å²) in [5.41, 5.74) is 6.98. The van der Waals surface area contributed by atoms with Gasteiger partial charge in [-0.05, 0) is 24.1 Å². The Bertz CT molecular complexity index is 414. The van der Waals surface area contributed by atoms with Gasteiger partial charge < -0.3 is 20.5 Å². The van der Waals surface area contributed by atoms with Crippen LogP contribution in [0.1, 0.15) is 5.56 Å². The monoisotopic (exact) mass is 249 g/mol. The van der Waals surface area contributed by atoms with Gasteiger partial charge >= 0.3 is 0 Å². The van der Waals surface area contributed by atoms with E-state index in [1.54, 1.807) is 12.1 Å². The van der Waals surface area contributed by atoms with E-state index in [4.69, 9.17) is 10.5 Å². The number of aromatic hydroxyl groups is 1. The molecular formula is C13H19N3O2. The Hall–Kier alpha value is -1.75. The fourth-order valence-corrected chi connectivity index (χ4v) is 1.90. The van der Waals surface area contributed by atoms with Crippen LogP contribution in [0.15, 0.2) is 29.3 Å². The predicted octanol–water partition coefficient (Wildman–Crippen LogP) is 0.582. The summed E-state index contributed by atoms with van der Waals surface area (Å²) in [6.07, 6.45) is 0.777. The molecule has 0 aromatic heterocycles. The molecule has 0 spiro atoms. The number of hydrogen-bond acceptors (Lipinski definition) is 3. The molecule has 3 N–H and O–H groups in total. The lowest BCUT2D eigenvalue weighted by atomic mass is 10.1. The quantitative estimate of drug-likeness (QED) is 0.607. The Morgan fingerprint density at radius 3 is 2.89 bits per heavy atom. The van der Waals surface area contributed by atoms with E-state index >= 15 is 0 Å². The molecule has 1 aliphatic rings. The Morgan fingerprint density at radius 1 is 1.39 bits per heavy atom. The molecule has 0 atom stereocenters. The van der Waals surface area contributed by atoms with Gasteiger partial charge in [-0.15, -0.1) is 0 Å². The van der Waals surface area contributed by atoms with Crippen LogP contribution in [0.4, 0.5) is 0 Å². The van der Waals surface area contributed by atoms with Crippen LogP contribution in [0.2, 0.25) is 0 Å². The molecule has 0 radical (unpaired) electrons. The lowest BCUT2D eigenvalue weighted by Crippen LogP contribution is -2.44. The van der Waals surface area contributed by atoms with Gasteiger partial charge in [-0.3, -0.25) is 4.99 Å². The fourth-order valence-electron chi connectivity index (χ4n) is 1.90. The van der Waals surface area contributed by atoms with E-state index in [9.17, 15) is 5.11 Å². The molecule has 1 aromatic carbocycles. The zero-order valence-corrected chi connectivity index (χ0v) is 10.4. The van der Waals surface area contributed by atoms with E-state index in [1.807, 2.05) is 17.0 Å². The number of rotatable bonds is 3. The van der Waals surface area contributed by atoms with Crippen molar-refractivity contribution < 1.29 is 9.84 Å². The summed E-state index contributed by atoms with van der Waals surface area (Å²) in [7, 11) is 0. The molecule has 2 rings (SSSR count). The summed E-state index contributed by atoms with van der Waals surface area (Å²) in [5.74, 6) is 0.871. The molecular weight excluding hydrogens is 230 g/mol. The molecule has 5 heteroatoms. The average Bonchev–Trinajstić information content (AvgIpc) is 2.40. The van der Waals surface area contributed by atoms with Crippen molar-refractivity contribution in [1.29, 1.82) is 0 Å². The van der Waals surface area contributed by atoms with Gasteiger partial charge in [0.15, 0.2) is 5.96 Å². The zero-order chi connectivity index (χ0) is 12.8. The molecule has 0 bridgehead atoms. The fraction of sp³-hybridized carbons (Fsp3) is 0.462. The molecule has 98 valence electrons. The van der Waals surface area contributed by atoms with E-state index in [-0.39, 0.29) is 5.75 Å². The lowest BCUT2D eigenvalue weighted by molar-refractivity contribution is 0.0674. The highest BCUT2D eigenvalue weighted by molar-refractivity contribution is 5.78. The smallest absolute Gasteiger partial charge is 0.191 e. The molecule has 1 fully saturated rings. The number of phenolic OH excluding ortho intramolecular Hbond substituents is 1. The Morgan fingerprint density at radius 2 is 2.17 bits per heavy atom. The number of nitrogens with zero attached hydrogens (tertiary/aromatic N) is 2. The molecule has 1 aliphatic heterocycles. The van der Waals surface area contributed by atoms with E-state index in [0.717, 1.165) is 25.1 Å². The van der Waals surface area contributed by atoms with Crippen LogP contribution in [0.25, 0.3) is 0 Å². The Kier molecular flexibility index (Phi) is 4.41.